The van der Waals surface area contributed by atoms with Gasteiger partial charge in [0.1, 0.15) is 5.75 Å². The largest absolute Gasteiger partial charge is 0.497 e. The number of likely N-dealkylation sites (N-methyl/N-ethyl adjacent to an activating group) is 1. The van der Waals surface area contributed by atoms with Crippen molar-refractivity contribution in [2.75, 3.05) is 32.1 Å². The zero-order chi connectivity index (χ0) is 20.4. The summed E-state index contributed by atoms with van der Waals surface area (Å²) in [5, 5.41) is 8.03. The third-order valence-electron chi connectivity index (χ3n) is 4.89. The predicted molar refractivity (Wildman–Crippen MR) is 106 cm³/mol. The fourth-order valence-corrected chi connectivity index (χ4v) is 3.29. The standard InChI is InChI=1S/C20H30N4O4/c1-3-24(13-18(25)21-16-9-11-17(28-2)12-10-16)14-19(26)23-20(27)22-15-7-5-4-6-8-15/h9-12,15H,3-8,13-14H2,1-2H3,(H,21,25)(H2,22,23,26,27)/p+1. The van der Waals surface area contributed by atoms with E-state index in [1.54, 1.807) is 31.4 Å². The number of imide groups is 1. The Morgan fingerprint density at radius 3 is 2.29 bits per heavy atom. The highest BCUT2D eigenvalue weighted by Crippen LogP contribution is 2.17. The lowest BCUT2D eigenvalue weighted by Crippen LogP contribution is -3.14. The number of amides is 4. The minimum atomic E-state index is -0.449. The zero-order valence-electron chi connectivity index (χ0n) is 16.7. The number of nitrogens with one attached hydrogen (secondary N) is 4. The van der Waals surface area contributed by atoms with Gasteiger partial charge in [-0.3, -0.25) is 14.9 Å². The second-order valence-electron chi connectivity index (χ2n) is 7.09. The van der Waals surface area contributed by atoms with Gasteiger partial charge in [0.2, 0.25) is 0 Å². The van der Waals surface area contributed by atoms with Crippen LogP contribution in [0, 0.1) is 0 Å². The van der Waals surface area contributed by atoms with Gasteiger partial charge in [-0.2, -0.15) is 0 Å². The highest BCUT2D eigenvalue weighted by Gasteiger charge is 2.20. The fraction of sp³-hybridized carbons (Fsp3) is 0.550. The molecule has 8 nitrogen and oxygen atoms in total. The fourth-order valence-electron chi connectivity index (χ4n) is 3.29. The van der Waals surface area contributed by atoms with Gasteiger partial charge in [-0.1, -0.05) is 19.3 Å². The molecule has 1 aliphatic carbocycles. The van der Waals surface area contributed by atoms with E-state index < -0.39 is 6.03 Å². The van der Waals surface area contributed by atoms with Gasteiger partial charge < -0.3 is 20.3 Å². The van der Waals surface area contributed by atoms with Crippen LogP contribution in [-0.4, -0.2) is 50.6 Å². The summed E-state index contributed by atoms with van der Waals surface area (Å²) < 4.78 is 5.09. The number of carbonyl (C=O) groups excluding carboxylic acids is 3. The SMILES string of the molecule is CC[NH+](CC(=O)NC(=O)NC1CCCCC1)CC(=O)Nc1ccc(OC)cc1. The van der Waals surface area contributed by atoms with E-state index >= 15 is 0 Å². The van der Waals surface area contributed by atoms with Gasteiger partial charge in [-0.05, 0) is 44.0 Å². The predicted octanol–water partition coefficient (Wildman–Crippen LogP) is 0.697. The molecule has 1 saturated carbocycles. The van der Waals surface area contributed by atoms with Crippen LogP contribution in [-0.2, 0) is 9.59 Å². The van der Waals surface area contributed by atoms with Gasteiger partial charge in [-0.25, -0.2) is 4.79 Å². The molecule has 0 radical (unpaired) electrons. The van der Waals surface area contributed by atoms with Crippen LogP contribution in [0.2, 0.25) is 0 Å². The van der Waals surface area contributed by atoms with Crippen LogP contribution in [0.3, 0.4) is 0 Å². The zero-order valence-corrected chi connectivity index (χ0v) is 16.7. The molecule has 1 atom stereocenters. The Morgan fingerprint density at radius 2 is 1.68 bits per heavy atom. The number of hydrogen-bond acceptors (Lipinski definition) is 4. The molecule has 2 rings (SSSR count). The maximum atomic E-state index is 12.2. The number of hydrogen-bond donors (Lipinski definition) is 4. The van der Waals surface area contributed by atoms with E-state index in [9.17, 15) is 14.4 Å². The van der Waals surface area contributed by atoms with Crippen molar-refractivity contribution in [2.24, 2.45) is 0 Å². The summed E-state index contributed by atoms with van der Waals surface area (Å²) >= 11 is 0. The van der Waals surface area contributed by atoms with Crippen molar-refractivity contribution >= 4 is 23.5 Å². The molecular weight excluding hydrogens is 360 g/mol. The van der Waals surface area contributed by atoms with Gasteiger partial charge in [-0.15, -0.1) is 0 Å². The van der Waals surface area contributed by atoms with Gasteiger partial charge >= 0.3 is 6.03 Å². The molecule has 154 valence electrons. The van der Waals surface area contributed by atoms with Gasteiger partial charge in [0.15, 0.2) is 13.1 Å². The summed E-state index contributed by atoms with van der Waals surface area (Å²) in [6.07, 6.45) is 5.33. The van der Waals surface area contributed by atoms with Crippen molar-refractivity contribution in [3.05, 3.63) is 24.3 Å². The number of benzene rings is 1. The molecule has 0 saturated heterocycles. The first-order valence-electron chi connectivity index (χ1n) is 9.88. The lowest BCUT2D eigenvalue weighted by molar-refractivity contribution is -0.881. The average molecular weight is 391 g/mol. The monoisotopic (exact) mass is 391 g/mol. The van der Waals surface area contributed by atoms with Crippen molar-refractivity contribution in [2.45, 2.75) is 45.1 Å². The third kappa shape index (κ3) is 7.56. The summed E-state index contributed by atoms with van der Waals surface area (Å²) in [6, 6.07) is 6.73. The molecule has 1 unspecified atom stereocenters. The molecule has 8 heteroatoms. The minimum Gasteiger partial charge on any atom is -0.497 e. The molecular formula is C20H31N4O4+. The Hall–Kier alpha value is -2.61. The quantitative estimate of drug-likeness (QED) is 0.524. The van der Waals surface area contributed by atoms with Crippen LogP contribution in [0.4, 0.5) is 10.5 Å². The van der Waals surface area contributed by atoms with Crippen molar-refractivity contribution < 1.29 is 24.0 Å². The molecule has 0 aromatic heterocycles. The van der Waals surface area contributed by atoms with Crippen LogP contribution < -0.4 is 25.6 Å². The number of anilines is 1. The smallest absolute Gasteiger partial charge is 0.321 e. The molecule has 0 heterocycles. The Bertz CT molecular complexity index is 657. The summed E-state index contributed by atoms with van der Waals surface area (Å²) in [6.45, 7) is 2.68. The van der Waals surface area contributed by atoms with Crippen molar-refractivity contribution in [1.29, 1.82) is 0 Å². The first kappa shape index (κ1) is 21.7. The Morgan fingerprint density at radius 1 is 1.04 bits per heavy atom. The molecule has 0 spiro atoms. The molecule has 1 fully saturated rings. The highest BCUT2D eigenvalue weighted by atomic mass is 16.5. The first-order chi connectivity index (χ1) is 13.5. The van der Waals surface area contributed by atoms with Gasteiger partial charge in [0.05, 0.1) is 13.7 Å². The number of rotatable bonds is 8. The first-order valence-corrected chi connectivity index (χ1v) is 9.88. The highest BCUT2D eigenvalue weighted by molar-refractivity contribution is 5.95. The van der Waals surface area contributed by atoms with E-state index in [2.05, 4.69) is 16.0 Å². The Balaban J connectivity index is 1.74. The number of ether oxygens (including phenoxy) is 1. The van der Waals surface area contributed by atoms with E-state index in [1.807, 2.05) is 6.92 Å². The molecule has 0 bridgehead atoms. The van der Waals surface area contributed by atoms with Crippen molar-refractivity contribution in [3.63, 3.8) is 0 Å². The summed E-state index contributed by atoms with van der Waals surface area (Å²) in [5.74, 6) is 0.130. The topological polar surface area (TPSA) is 101 Å². The Labute approximate surface area is 166 Å². The molecule has 4 amide bonds. The normalized spacial score (nSPS) is 15.4. The molecule has 1 aromatic carbocycles. The van der Waals surface area contributed by atoms with Crippen LogP contribution in [0.5, 0.6) is 5.75 Å². The second kappa shape index (κ2) is 11.3. The molecule has 28 heavy (non-hydrogen) atoms. The third-order valence-corrected chi connectivity index (χ3v) is 4.89. The van der Waals surface area contributed by atoms with E-state index in [4.69, 9.17) is 4.74 Å². The second-order valence-corrected chi connectivity index (χ2v) is 7.09. The summed E-state index contributed by atoms with van der Waals surface area (Å²) in [4.78, 5) is 37.1. The summed E-state index contributed by atoms with van der Waals surface area (Å²) in [7, 11) is 1.58. The van der Waals surface area contributed by atoms with Crippen LogP contribution >= 0.6 is 0 Å². The lowest BCUT2D eigenvalue weighted by atomic mass is 9.96. The number of methoxy groups -OCH3 is 1. The number of urea groups is 1. The molecule has 1 aliphatic rings. The molecule has 0 aliphatic heterocycles. The van der Waals surface area contributed by atoms with E-state index in [-0.39, 0.29) is 30.9 Å². The van der Waals surface area contributed by atoms with Gasteiger partial charge in [0, 0.05) is 11.7 Å². The van der Waals surface area contributed by atoms with E-state index in [1.165, 1.54) is 6.42 Å². The van der Waals surface area contributed by atoms with Crippen molar-refractivity contribution in [3.8, 4) is 5.75 Å². The van der Waals surface area contributed by atoms with Crippen molar-refractivity contribution in [1.82, 2.24) is 10.6 Å². The summed E-state index contributed by atoms with van der Waals surface area (Å²) in [5.41, 5.74) is 0.664. The van der Waals surface area contributed by atoms with E-state index in [0.29, 0.717) is 18.0 Å². The maximum absolute atomic E-state index is 12.2. The molecule has 1 aromatic rings. The van der Waals surface area contributed by atoms with Crippen LogP contribution in [0.25, 0.3) is 0 Å². The number of quaternary nitrogens is 1. The van der Waals surface area contributed by atoms with Crippen LogP contribution in [0.15, 0.2) is 24.3 Å². The van der Waals surface area contributed by atoms with Crippen LogP contribution in [0.1, 0.15) is 39.0 Å². The minimum absolute atomic E-state index is 0.0601. The molecule has 4 N–H and O–H groups in total. The Kier molecular flexibility index (Phi) is 8.74. The average Bonchev–Trinajstić information content (AvgIpc) is 2.68. The van der Waals surface area contributed by atoms with Gasteiger partial charge in [0.25, 0.3) is 11.8 Å². The maximum Gasteiger partial charge on any atom is 0.321 e. The lowest BCUT2D eigenvalue weighted by Gasteiger charge is -2.23. The number of carbonyl (C=O) groups is 3. The van der Waals surface area contributed by atoms with E-state index in [0.717, 1.165) is 30.6 Å².